The molecule has 3 N–H and O–H groups in total. The first-order chi connectivity index (χ1) is 13.7. The quantitative estimate of drug-likeness (QED) is 0.538. The molecule has 5 heteroatoms. The van der Waals surface area contributed by atoms with Crippen LogP contribution in [0, 0.1) is 17.8 Å². The zero-order valence-corrected chi connectivity index (χ0v) is 18.9. The van der Waals surface area contributed by atoms with Crippen LogP contribution in [0.2, 0.25) is 0 Å². The van der Waals surface area contributed by atoms with Crippen molar-refractivity contribution in [3.63, 3.8) is 0 Å². The molecule has 0 saturated carbocycles. The highest BCUT2D eigenvalue weighted by molar-refractivity contribution is 7.89. The summed E-state index contributed by atoms with van der Waals surface area (Å²) in [6.45, 7) is 8.58. The monoisotopic (exact) mass is 416 g/mol. The summed E-state index contributed by atoms with van der Waals surface area (Å²) in [5, 5.41) is 0. The van der Waals surface area contributed by atoms with E-state index >= 15 is 0 Å². The lowest BCUT2D eigenvalue weighted by Crippen LogP contribution is -2.38. The second kappa shape index (κ2) is 10.9. The molecule has 0 fully saturated rings. The number of hydrogen-bond acceptors (Lipinski definition) is 3. The molecule has 0 heterocycles. The summed E-state index contributed by atoms with van der Waals surface area (Å²) in [5.41, 5.74) is 8.32. The Morgan fingerprint density at radius 2 is 1.24 bits per heavy atom. The van der Waals surface area contributed by atoms with Gasteiger partial charge in [-0.25, -0.2) is 13.1 Å². The van der Waals surface area contributed by atoms with Gasteiger partial charge in [0.15, 0.2) is 0 Å². The van der Waals surface area contributed by atoms with Crippen LogP contribution in [0.4, 0.5) is 0 Å². The van der Waals surface area contributed by atoms with Gasteiger partial charge in [0, 0.05) is 0 Å². The molecule has 2 rings (SSSR count). The first-order valence-corrected chi connectivity index (χ1v) is 12.2. The van der Waals surface area contributed by atoms with Crippen molar-refractivity contribution in [2.45, 2.75) is 52.6 Å². The van der Waals surface area contributed by atoms with Crippen molar-refractivity contribution in [2.24, 2.45) is 23.5 Å². The Hall–Kier alpha value is -1.69. The van der Waals surface area contributed by atoms with Gasteiger partial charge < -0.3 is 5.73 Å². The van der Waals surface area contributed by atoms with Crippen molar-refractivity contribution in [3.05, 3.63) is 71.8 Å². The molecular weight excluding hydrogens is 380 g/mol. The summed E-state index contributed by atoms with van der Waals surface area (Å²) in [6.07, 6.45) is 1.81. The van der Waals surface area contributed by atoms with Gasteiger partial charge in [-0.05, 0) is 41.7 Å². The Labute approximate surface area is 177 Å². The van der Waals surface area contributed by atoms with Gasteiger partial charge >= 0.3 is 0 Å². The van der Waals surface area contributed by atoms with Gasteiger partial charge in [0.1, 0.15) is 0 Å². The minimum atomic E-state index is -3.50. The lowest BCUT2D eigenvalue weighted by Gasteiger charge is -2.28. The molecule has 0 saturated heterocycles. The summed E-state index contributed by atoms with van der Waals surface area (Å²) < 4.78 is 29.2. The number of benzene rings is 2. The van der Waals surface area contributed by atoms with Crippen LogP contribution >= 0.6 is 0 Å². The van der Waals surface area contributed by atoms with Crippen LogP contribution in [0.3, 0.4) is 0 Å². The Balaban J connectivity index is 2.26. The van der Waals surface area contributed by atoms with Gasteiger partial charge in [-0.15, -0.1) is 0 Å². The van der Waals surface area contributed by atoms with Gasteiger partial charge in [-0.3, -0.25) is 0 Å². The van der Waals surface area contributed by atoms with Crippen LogP contribution in [-0.2, 0) is 10.0 Å². The van der Waals surface area contributed by atoms with Gasteiger partial charge in [0.25, 0.3) is 0 Å². The summed E-state index contributed by atoms with van der Waals surface area (Å²) in [4.78, 5) is 0. The van der Waals surface area contributed by atoms with E-state index in [4.69, 9.17) is 5.73 Å². The van der Waals surface area contributed by atoms with Crippen LogP contribution in [0.5, 0.6) is 0 Å². The van der Waals surface area contributed by atoms with Crippen LogP contribution in [-0.4, -0.2) is 14.2 Å². The van der Waals surface area contributed by atoms with E-state index < -0.39 is 22.1 Å². The third-order valence-corrected chi connectivity index (χ3v) is 6.60. The predicted octanol–water partition coefficient (Wildman–Crippen LogP) is 5.06. The van der Waals surface area contributed by atoms with Crippen molar-refractivity contribution < 1.29 is 8.42 Å². The SMILES string of the molecule is CC(C)CC(CC(C)C)CS(=O)(=O)NC(c1ccccc1)C(N)c1ccccc1. The van der Waals surface area contributed by atoms with E-state index in [1.807, 2.05) is 60.7 Å². The van der Waals surface area contributed by atoms with Crippen LogP contribution in [0.15, 0.2) is 60.7 Å². The summed E-state index contributed by atoms with van der Waals surface area (Å²) >= 11 is 0. The number of nitrogens with one attached hydrogen (secondary N) is 1. The molecule has 0 aliphatic carbocycles. The van der Waals surface area contributed by atoms with Crippen molar-refractivity contribution >= 4 is 10.0 Å². The maximum Gasteiger partial charge on any atom is 0.212 e. The average molecular weight is 417 g/mol. The number of sulfonamides is 1. The van der Waals surface area contributed by atoms with E-state index in [2.05, 4.69) is 32.4 Å². The highest BCUT2D eigenvalue weighted by Gasteiger charge is 2.28. The molecule has 0 aromatic heterocycles. The number of rotatable bonds is 11. The minimum Gasteiger partial charge on any atom is -0.322 e. The number of nitrogens with two attached hydrogens (primary N) is 1. The van der Waals surface area contributed by atoms with Crippen LogP contribution in [0.25, 0.3) is 0 Å². The predicted molar refractivity (Wildman–Crippen MR) is 122 cm³/mol. The zero-order chi connectivity index (χ0) is 21.4. The minimum absolute atomic E-state index is 0.133. The van der Waals surface area contributed by atoms with Crippen molar-refractivity contribution in [3.8, 4) is 0 Å². The third kappa shape index (κ3) is 7.92. The van der Waals surface area contributed by atoms with E-state index in [9.17, 15) is 8.42 Å². The zero-order valence-electron chi connectivity index (χ0n) is 18.1. The maximum atomic E-state index is 13.2. The van der Waals surface area contributed by atoms with E-state index in [1.54, 1.807) is 0 Å². The first-order valence-electron chi connectivity index (χ1n) is 10.5. The lowest BCUT2D eigenvalue weighted by molar-refractivity contribution is 0.366. The molecule has 2 unspecified atom stereocenters. The van der Waals surface area contributed by atoms with Crippen LogP contribution < -0.4 is 10.5 Å². The Morgan fingerprint density at radius 3 is 1.69 bits per heavy atom. The molecule has 160 valence electrons. The summed E-state index contributed by atoms with van der Waals surface area (Å²) in [7, 11) is -3.50. The van der Waals surface area contributed by atoms with E-state index in [1.165, 1.54) is 0 Å². The second-order valence-electron chi connectivity index (χ2n) is 8.85. The van der Waals surface area contributed by atoms with Crippen LogP contribution in [0.1, 0.15) is 63.7 Å². The molecule has 29 heavy (non-hydrogen) atoms. The molecule has 0 bridgehead atoms. The van der Waals surface area contributed by atoms with Crippen molar-refractivity contribution in [2.75, 3.05) is 5.75 Å². The molecule has 0 amide bonds. The molecule has 0 spiro atoms. The molecule has 2 aromatic rings. The second-order valence-corrected chi connectivity index (χ2v) is 10.6. The Kier molecular flexibility index (Phi) is 8.87. The fraction of sp³-hybridized carbons (Fsp3) is 0.500. The normalized spacial score (nSPS) is 14.5. The highest BCUT2D eigenvalue weighted by atomic mass is 32.2. The molecule has 2 aromatic carbocycles. The molecule has 0 radical (unpaired) electrons. The third-order valence-electron chi connectivity index (χ3n) is 5.07. The summed E-state index contributed by atoms with van der Waals surface area (Å²) in [5.74, 6) is 1.20. The fourth-order valence-corrected chi connectivity index (χ4v) is 5.65. The van der Waals surface area contributed by atoms with Crippen molar-refractivity contribution in [1.82, 2.24) is 4.72 Å². The van der Waals surface area contributed by atoms with E-state index in [0.29, 0.717) is 11.8 Å². The molecule has 0 aliphatic heterocycles. The van der Waals surface area contributed by atoms with Gasteiger partial charge in [0.2, 0.25) is 10.0 Å². The molecule has 4 nitrogen and oxygen atoms in total. The van der Waals surface area contributed by atoms with Crippen molar-refractivity contribution in [1.29, 1.82) is 0 Å². The van der Waals surface area contributed by atoms with Gasteiger partial charge in [-0.1, -0.05) is 88.4 Å². The lowest BCUT2D eigenvalue weighted by atomic mass is 9.91. The summed E-state index contributed by atoms with van der Waals surface area (Å²) in [6, 6.07) is 18.3. The maximum absolute atomic E-state index is 13.2. The van der Waals surface area contributed by atoms with E-state index in [0.717, 1.165) is 24.0 Å². The Bertz CT molecular complexity index is 810. The topological polar surface area (TPSA) is 72.2 Å². The van der Waals surface area contributed by atoms with Gasteiger partial charge in [0.05, 0.1) is 17.8 Å². The molecule has 0 aliphatic rings. The standard InChI is InChI=1S/C24H36N2O2S/c1-18(2)15-20(16-19(3)4)17-29(27,28)26-24(22-13-9-6-10-14-22)23(25)21-11-7-5-8-12-21/h5-14,18-20,23-24,26H,15-17,25H2,1-4H3. The Morgan fingerprint density at radius 1 is 0.793 bits per heavy atom. The molecule has 2 atom stereocenters. The first kappa shape index (κ1) is 23.6. The smallest absolute Gasteiger partial charge is 0.212 e. The largest absolute Gasteiger partial charge is 0.322 e. The number of hydrogen-bond donors (Lipinski definition) is 2. The van der Waals surface area contributed by atoms with E-state index in [-0.39, 0.29) is 11.7 Å². The van der Waals surface area contributed by atoms with Gasteiger partial charge in [-0.2, -0.15) is 0 Å². The average Bonchev–Trinajstić information content (AvgIpc) is 2.65. The highest BCUT2D eigenvalue weighted by Crippen LogP contribution is 2.29. The molecular formula is C24H36N2O2S. The fourth-order valence-electron chi connectivity index (χ4n) is 3.99.